The first-order chi connectivity index (χ1) is 15.8. The molecule has 2 aromatic carbocycles. The minimum atomic E-state index is -0.442. The molecular weight excluding hydrogens is 444 g/mol. The molecule has 0 aliphatic heterocycles. The number of ether oxygens (including phenoxy) is 1. The Hall–Kier alpha value is -3.85. The Bertz CT molecular complexity index is 1360. The highest BCUT2D eigenvalue weighted by atomic mass is 35.5. The summed E-state index contributed by atoms with van der Waals surface area (Å²) < 4.78 is 8.98. The highest BCUT2D eigenvalue weighted by molar-refractivity contribution is 6.31. The lowest BCUT2D eigenvalue weighted by Crippen LogP contribution is -2.23. The van der Waals surface area contributed by atoms with Gasteiger partial charge in [-0.25, -0.2) is 9.78 Å². The number of nitrogens with one attached hydrogen (secondary N) is 2. The summed E-state index contributed by atoms with van der Waals surface area (Å²) in [6.45, 7) is 5.88. The summed E-state index contributed by atoms with van der Waals surface area (Å²) in [4.78, 5) is 33.7. The van der Waals surface area contributed by atoms with Crippen molar-refractivity contribution in [3.8, 4) is 5.75 Å². The van der Waals surface area contributed by atoms with Crippen LogP contribution >= 0.6 is 11.6 Å². The van der Waals surface area contributed by atoms with Gasteiger partial charge in [0.25, 0.3) is 11.3 Å². The van der Waals surface area contributed by atoms with E-state index in [1.54, 1.807) is 29.2 Å². The minimum absolute atomic E-state index is 0.0101. The number of amides is 2. The lowest BCUT2D eigenvalue weighted by molar-refractivity contribution is 0.261. The van der Waals surface area contributed by atoms with Crippen molar-refractivity contribution in [3.05, 3.63) is 81.5 Å². The van der Waals surface area contributed by atoms with Crippen molar-refractivity contribution in [2.24, 2.45) is 0 Å². The van der Waals surface area contributed by atoms with Gasteiger partial charge < -0.3 is 15.4 Å². The molecule has 10 heteroatoms. The number of hydrogen-bond donors (Lipinski definition) is 2. The second-order valence-corrected chi connectivity index (χ2v) is 8.23. The lowest BCUT2D eigenvalue weighted by atomic mass is 10.2. The van der Waals surface area contributed by atoms with Crippen molar-refractivity contribution >= 4 is 34.8 Å². The molecule has 0 saturated heterocycles. The van der Waals surface area contributed by atoms with Crippen LogP contribution in [0.4, 0.5) is 16.2 Å². The van der Waals surface area contributed by atoms with Crippen LogP contribution in [0.3, 0.4) is 0 Å². The molecule has 0 aliphatic rings. The van der Waals surface area contributed by atoms with Crippen LogP contribution in [0, 0.1) is 6.92 Å². The van der Waals surface area contributed by atoms with Crippen LogP contribution in [0.5, 0.6) is 5.75 Å². The third-order valence-corrected chi connectivity index (χ3v) is 5.09. The number of halogens is 1. The standard InChI is InChI=1S/C23H23ClN6O3/c1-14(2)29-13-25-22-26-18(11-21(31)30(22)29)12-33-20-9-6-16(24)10-19(20)28-23(32)27-17-7-4-15(3)5-8-17/h4-11,13-14H,12H2,1-3H3,(H2,27,28,32). The van der Waals surface area contributed by atoms with Crippen LogP contribution in [0.25, 0.3) is 5.78 Å². The van der Waals surface area contributed by atoms with E-state index in [-0.39, 0.29) is 18.2 Å². The summed E-state index contributed by atoms with van der Waals surface area (Å²) in [6, 6.07) is 13.3. The molecule has 0 bridgehead atoms. The average Bonchev–Trinajstić information content (AvgIpc) is 3.20. The average molecular weight is 467 g/mol. The molecule has 0 aliphatic carbocycles. The zero-order valence-electron chi connectivity index (χ0n) is 18.4. The number of rotatable bonds is 6. The minimum Gasteiger partial charge on any atom is -0.485 e. The third kappa shape index (κ3) is 5.15. The van der Waals surface area contributed by atoms with E-state index in [1.807, 2.05) is 45.0 Å². The number of aryl methyl sites for hydroxylation is 1. The van der Waals surface area contributed by atoms with E-state index in [4.69, 9.17) is 16.3 Å². The number of carbonyl (C=O) groups is 1. The summed E-state index contributed by atoms with van der Waals surface area (Å²) in [6.07, 6.45) is 1.58. The van der Waals surface area contributed by atoms with Gasteiger partial charge >= 0.3 is 6.03 Å². The molecule has 0 atom stereocenters. The first-order valence-corrected chi connectivity index (χ1v) is 10.7. The van der Waals surface area contributed by atoms with E-state index in [9.17, 15) is 9.59 Å². The molecule has 170 valence electrons. The van der Waals surface area contributed by atoms with Gasteiger partial charge in [-0.3, -0.25) is 9.48 Å². The molecule has 9 nitrogen and oxygen atoms in total. The van der Waals surface area contributed by atoms with E-state index in [2.05, 4.69) is 20.6 Å². The third-order valence-electron chi connectivity index (χ3n) is 4.86. The van der Waals surface area contributed by atoms with Crippen molar-refractivity contribution in [2.45, 2.75) is 33.4 Å². The highest BCUT2D eigenvalue weighted by Crippen LogP contribution is 2.29. The Morgan fingerprint density at radius 3 is 2.61 bits per heavy atom. The zero-order chi connectivity index (χ0) is 23.5. The molecule has 0 unspecified atom stereocenters. The molecule has 0 fully saturated rings. The van der Waals surface area contributed by atoms with Gasteiger partial charge in [0.2, 0.25) is 0 Å². The predicted octanol–water partition coefficient (Wildman–Crippen LogP) is 4.66. The normalized spacial score (nSPS) is 11.1. The number of urea groups is 1. The van der Waals surface area contributed by atoms with E-state index >= 15 is 0 Å². The van der Waals surface area contributed by atoms with Gasteiger partial charge in [-0.15, -0.1) is 0 Å². The van der Waals surface area contributed by atoms with Gasteiger partial charge in [-0.2, -0.15) is 9.50 Å². The summed E-state index contributed by atoms with van der Waals surface area (Å²) in [5, 5.41) is 5.94. The number of aromatic nitrogens is 4. The number of benzene rings is 2. The maximum Gasteiger partial charge on any atom is 0.323 e. The molecule has 2 heterocycles. The molecule has 4 aromatic rings. The van der Waals surface area contributed by atoms with E-state index in [0.29, 0.717) is 33.6 Å². The van der Waals surface area contributed by atoms with Crippen LogP contribution in [-0.2, 0) is 6.61 Å². The zero-order valence-corrected chi connectivity index (χ0v) is 19.1. The van der Waals surface area contributed by atoms with Crippen molar-refractivity contribution in [3.63, 3.8) is 0 Å². The first kappa shape index (κ1) is 22.3. The molecule has 0 spiro atoms. The number of carbonyl (C=O) groups excluding carboxylic acids is 1. The fourth-order valence-electron chi connectivity index (χ4n) is 3.21. The maximum atomic E-state index is 12.6. The van der Waals surface area contributed by atoms with Crippen LogP contribution in [0.15, 0.2) is 59.7 Å². The first-order valence-electron chi connectivity index (χ1n) is 10.3. The second kappa shape index (κ2) is 9.33. The molecule has 33 heavy (non-hydrogen) atoms. The van der Waals surface area contributed by atoms with Crippen molar-refractivity contribution in [1.29, 1.82) is 0 Å². The SMILES string of the molecule is Cc1ccc(NC(=O)Nc2cc(Cl)ccc2OCc2cc(=O)n3c(ncn3C(C)C)n2)cc1. The van der Waals surface area contributed by atoms with Crippen LogP contribution in [0.2, 0.25) is 5.02 Å². The largest absolute Gasteiger partial charge is 0.485 e. The molecule has 2 N–H and O–H groups in total. The number of anilines is 2. The van der Waals surface area contributed by atoms with E-state index < -0.39 is 6.03 Å². The van der Waals surface area contributed by atoms with Crippen LogP contribution < -0.4 is 20.9 Å². The molecule has 2 aromatic heterocycles. The quantitative estimate of drug-likeness (QED) is 0.430. The number of nitrogens with zero attached hydrogens (tertiary/aromatic N) is 4. The van der Waals surface area contributed by atoms with Gasteiger partial charge in [0, 0.05) is 22.8 Å². The molecule has 0 radical (unpaired) electrons. The topological polar surface area (TPSA) is 103 Å². The van der Waals surface area contributed by atoms with Gasteiger partial charge in [0.1, 0.15) is 18.7 Å². The van der Waals surface area contributed by atoms with Crippen molar-refractivity contribution in [2.75, 3.05) is 10.6 Å². The Labute approximate surface area is 195 Å². The van der Waals surface area contributed by atoms with Gasteiger partial charge in [0.05, 0.1) is 11.4 Å². The summed E-state index contributed by atoms with van der Waals surface area (Å²) in [5.74, 6) is 0.676. The Morgan fingerprint density at radius 1 is 1.12 bits per heavy atom. The lowest BCUT2D eigenvalue weighted by Gasteiger charge is -2.14. The Balaban J connectivity index is 1.50. The predicted molar refractivity (Wildman–Crippen MR) is 127 cm³/mol. The van der Waals surface area contributed by atoms with Gasteiger partial charge in [-0.05, 0) is 51.1 Å². The fraction of sp³-hybridized carbons (Fsp3) is 0.217. The highest BCUT2D eigenvalue weighted by Gasteiger charge is 2.13. The van der Waals surface area contributed by atoms with Crippen LogP contribution in [-0.4, -0.2) is 25.2 Å². The van der Waals surface area contributed by atoms with Crippen molar-refractivity contribution in [1.82, 2.24) is 19.2 Å². The monoisotopic (exact) mass is 466 g/mol. The van der Waals surface area contributed by atoms with E-state index in [0.717, 1.165) is 5.56 Å². The summed E-state index contributed by atoms with van der Waals surface area (Å²) in [5.41, 5.74) is 2.29. The molecule has 2 amide bonds. The van der Waals surface area contributed by atoms with E-state index in [1.165, 1.54) is 10.6 Å². The number of fused-ring (bicyclic) bond motifs is 1. The Morgan fingerprint density at radius 2 is 1.88 bits per heavy atom. The second-order valence-electron chi connectivity index (χ2n) is 7.79. The summed E-state index contributed by atoms with van der Waals surface area (Å²) in [7, 11) is 0. The van der Waals surface area contributed by atoms with Gasteiger partial charge in [-0.1, -0.05) is 29.3 Å². The summed E-state index contributed by atoms with van der Waals surface area (Å²) >= 11 is 6.11. The van der Waals surface area contributed by atoms with Crippen LogP contribution in [0.1, 0.15) is 31.1 Å². The fourth-order valence-corrected chi connectivity index (χ4v) is 3.38. The van der Waals surface area contributed by atoms with Crippen molar-refractivity contribution < 1.29 is 9.53 Å². The smallest absolute Gasteiger partial charge is 0.323 e. The Kier molecular flexibility index (Phi) is 6.32. The number of hydrogen-bond acceptors (Lipinski definition) is 5. The van der Waals surface area contributed by atoms with Gasteiger partial charge in [0.15, 0.2) is 0 Å². The molecular formula is C23H23ClN6O3. The molecule has 4 rings (SSSR count). The maximum absolute atomic E-state index is 12.6. The molecule has 0 saturated carbocycles.